The number of esters is 2. The highest BCUT2D eigenvalue weighted by Crippen LogP contribution is 1.94. The first kappa shape index (κ1) is 10.9. The van der Waals surface area contributed by atoms with Gasteiger partial charge in [0.05, 0.1) is 13.2 Å². The first-order valence-electron chi connectivity index (χ1n) is 3.68. The summed E-state index contributed by atoms with van der Waals surface area (Å²) < 4.78 is 9.17. The van der Waals surface area contributed by atoms with Crippen molar-refractivity contribution in [1.29, 1.82) is 0 Å². The van der Waals surface area contributed by atoms with Gasteiger partial charge in [-0.25, -0.2) is 4.79 Å². The molecular formula is C7H13NO4. The van der Waals surface area contributed by atoms with Crippen molar-refractivity contribution < 1.29 is 19.1 Å². The van der Waals surface area contributed by atoms with E-state index in [0.717, 1.165) is 0 Å². The molecule has 2 N–H and O–H groups in total. The predicted octanol–water partition coefficient (Wildman–Crippen LogP) is -0.560. The molecule has 0 saturated heterocycles. The van der Waals surface area contributed by atoms with Crippen molar-refractivity contribution >= 4 is 11.9 Å². The molecule has 0 radical (unpaired) electrons. The Labute approximate surface area is 70.8 Å². The maximum Gasteiger partial charge on any atom is 0.347 e. The van der Waals surface area contributed by atoms with Gasteiger partial charge in [-0.1, -0.05) is 0 Å². The van der Waals surface area contributed by atoms with Gasteiger partial charge in [0.15, 0.2) is 6.10 Å². The van der Waals surface area contributed by atoms with Crippen molar-refractivity contribution in [1.82, 2.24) is 0 Å². The zero-order chi connectivity index (χ0) is 9.56. The lowest BCUT2D eigenvalue weighted by molar-refractivity contribution is -0.165. The van der Waals surface area contributed by atoms with Crippen LogP contribution in [-0.2, 0) is 19.1 Å². The molecule has 1 unspecified atom stereocenters. The average molecular weight is 175 g/mol. The molecular weight excluding hydrogens is 162 g/mol. The van der Waals surface area contributed by atoms with Crippen molar-refractivity contribution in [3.63, 3.8) is 0 Å². The first-order chi connectivity index (χ1) is 5.61. The molecule has 0 aliphatic rings. The van der Waals surface area contributed by atoms with E-state index in [4.69, 9.17) is 5.73 Å². The van der Waals surface area contributed by atoms with E-state index >= 15 is 0 Å². The highest BCUT2D eigenvalue weighted by molar-refractivity contribution is 5.79. The summed E-state index contributed by atoms with van der Waals surface area (Å²) in [5.74, 6) is -1.17. The molecule has 0 amide bonds. The monoisotopic (exact) mass is 175 g/mol. The number of rotatable bonds is 4. The maximum absolute atomic E-state index is 10.9. The van der Waals surface area contributed by atoms with Gasteiger partial charge < -0.3 is 15.2 Å². The van der Waals surface area contributed by atoms with E-state index in [1.54, 1.807) is 6.92 Å². The quantitative estimate of drug-likeness (QED) is 0.579. The standard InChI is InChI=1S/C7H13NO4/c1-3-11-7(10)5(2)12-6(9)4-8/h5H,3-4,8H2,1-2H3. The molecule has 5 heteroatoms. The lowest BCUT2D eigenvalue weighted by Gasteiger charge is -2.10. The largest absolute Gasteiger partial charge is 0.463 e. The molecule has 0 saturated carbocycles. The number of ether oxygens (including phenoxy) is 2. The molecule has 0 spiro atoms. The zero-order valence-electron chi connectivity index (χ0n) is 7.20. The average Bonchev–Trinajstić information content (AvgIpc) is 2.04. The molecule has 0 aromatic rings. The Hall–Kier alpha value is -1.10. The zero-order valence-corrected chi connectivity index (χ0v) is 7.20. The Kier molecular flexibility index (Phi) is 5.03. The summed E-state index contributed by atoms with van der Waals surface area (Å²) in [5.41, 5.74) is 4.97. The van der Waals surface area contributed by atoms with Gasteiger partial charge in [0.2, 0.25) is 0 Å². The fourth-order valence-electron chi connectivity index (χ4n) is 0.553. The highest BCUT2D eigenvalue weighted by Gasteiger charge is 2.17. The number of hydrogen-bond acceptors (Lipinski definition) is 5. The number of nitrogens with two attached hydrogens (primary N) is 1. The number of carbonyl (C=O) groups excluding carboxylic acids is 2. The minimum absolute atomic E-state index is 0.232. The van der Waals surface area contributed by atoms with Gasteiger partial charge >= 0.3 is 11.9 Å². The van der Waals surface area contributed by atoms with Gasteiger partial charge in [0.25, 0.3) is 0 Å². The second kappa shape index (κ2) is 5.54. The summed E-state index contributed by atoms with van der Waals surface area (Å²) in [4.78, 5) is 21.4. The molecule has 0 aromatic carbocycles. The lowest BCUT2D eigenvalue weighted by atomic mass is 10.4. The van der Waals surface area contributed by atoms with Crippen LogP contribution in [0.2, 0.25) is 0 Å². The van der Waals surface area contributed by atoms with Gasteiger partial charge in [-0.2, -0.15) is 0 Å². The number of carbonyl (C=O) groups is 2. The summed E-state index contributed by atoms with van der Waals surface area (Å²) in [6.45, 7) is 3.15. The minimum atomic E-state index is -0.874. The smallest absolute Gasteiger partial charge is 0.347 e. The molecule has 0 aliphatic heterocycles. The Balaban J connectivity index is 3.78. The van der Waals surface area contributed by atoms with Crippen LogP contribution < -0.4 is 5.73 Å². The molecule has 1 atom stereocenters. The van der Waals surface area contributed by atoms with Crippen molar-refractivity contribution in [3.8, 4) is 0 Å². The Morgan fingerprint density at radius 1 is 1.50 bits per heavy atom. The van der Waals surface area contributed by atoms with E-state index < -0.39 is 18.0 Å². The van der Waals surface area contributed by atoms with Crippen LogP contribution in [0.3, 0.4) is 0 Å². The van der Waals surface area contributed by atoms with Crippen LogP contribution in [-0.4, -0.2) is 31.2 Å². The van der Waals surface area contributed by atoms with Crippen molar-refractivity contribution in [2.24, 2.45) is 5.73 Å². The molecule has 0 heterocycles. The third-order valence-corrected chi connectivity index (χ3v) is 1.09. The summed E-state index contributed by atoms with van der Waals surface area (Å²) in [6, 6.07) is 0. The second-order valence-electron chi connectivity index (χ2n) is 2.09. The Bertz CT molecular complexity index is 169. The number of hydrogen-bond donors (Lipinski definition) is 1. The third-order valence-electron chi connectivity index (χ3n) is 1.09. The van der Waals surface area contributed by atoms with Crippen LogP contribution in [0.25, 0.3) is 0 Å². The lowest BCUT2D eigenvalue weighted by Crippen LogP contribution is -2.29. The summed E-state index contributed by atoms with van der Waals surface area (Å²) >= 11 is 0. The molecule has 0 aromatic heterocycles. The fraction of sp³-hybridized carbons (Fsp3) is 0.714. The molecule has 70 valence electrons. The summed E-state index contributed by atoms with van der Waals surface area (Å²) in [5, 5.41) is 0. The third kappa shape index (κ3) is 3.92. The first-order valence-corrected chi connectivity index (χ1v) is 3.68. The van der Waals surface area contributed by atoms with E-state index in [-0.39, 0.29) is 13.2 Å². The van der Waals surface area contributed by atoms with E-state index in [1.165, 1.54) is 6.92 Å². The summed E-state index contributed by atoms with van der Waals surface area (Å²) in [6.07, 6.45) is -0.874. The van der Waals surface area contributed by atoms with Gasteiger partial charge in [-0.3, -0.25) is 4.79 Å². The predicted molar refractivity (Wildman–Crippen MR) is 41.2 cm³/mol. The van der Waals surface area contributed by atoms with Crippen LogP contribution in [0.1, 0.15) is 13.8 Å². The van der Waals surface area contributed by atoms with Crippen LogP contribution in [0.5, 0.6) is 0 Å². The molecule has 5 nitrogen and oxygen atoms in total. The Morgan fingerprint density at radius 2 is 2.08 bits per heavy atom. The Morgan fingerprint density at radius 3 is 2.50 bits per heavy atom. The van der Waals surface area contributed by atoms with Crippen LogP contribution in [0.4, 0.5) is 0 Å². The molecule has 0 fully saturated rings. The van der Waals surface area contributed by atoms with E-state index in [1.807, 2.05) is 0 Å². The van der Waals surface area contributed by atoms with Crippen molar-refractivity contribution in [2.75, 3.05) is 13.2 Å². The van der Waals surface area contributed by atoms with Gasteiger partial charge in [-0.05, 0) is 13.8 Å². The van der Waals surface area contributed by atoms with Gasteiger partial charge in [0, 0.05) is 0 Å². The van der Waals surface area contributed by atoms with Gasteiger partial charge in [0.1, 0.15) is 0 Å². The fourth-order valence-corrected chi connectivity index (χ4v) is 0.553. The maximum atomic E-state index is 10.9. The SMILES string of the molecule is CCOC(=O)C(C)OC(=O)CN. The van der Waals surface area contributed by atoms with E-state index in [0.29, 0.717) is 0 Å². The topological polar surface area (TPSA) is 78.6 Å². The van der Waals surface area contributed by atoms with Crippen LogP contribution in [0, 0.1) is 0 Å². The van der Waals surface area contributed by atoms with Gasteiger partial charge in [-0.15, -0.1) is 0 Å². The van der Waals surface area contributed by atoms with Crippen molar-refractivity contribution in [3.05, 3.63) is 0 Å². The second-order valence-corrected chi connectivity index (χ2v) is 2.09. The van der Waals surface area contributed by atoms with E-state index in [2.05, 4.69) is 9.47 Å². The minimum Gasteiger partial charge on any atom is -0.463 e. The molecule has 0 aliphatic carbocycles. The summed E-state index contributed by atoms with van der Waals surface area (Å²) in [7, 11) is 0. The van der Waals surface area contributed by atoms with Crippen molar-refractivity contribution in [2.45, 2.75) is 20.0 Å². The van der Waals surface area contributed by atoms with Crippen LogP contribution >= 0.6 is 0 Å². The molecule has 0 bridgehead atoms. The van der Waals surface area contributed by atoms with E-state index in [9.17, 15) is 9.59 Å². The normalized spacial score (nSPS) is 11.9. The van der Waals surface area contributed by atoms with Crippen LogP contribution in [0.15, 0.2) is 0 Å². The highest BCUT2D eigenvalue weighted by atomic mass is 16.6. The molecule has 0 rings (SSSR count). The molecule has 12 heavy (non-hydrogen) atoms.